The fraction of sp³-hybridized carbons (Fsp3) is 0.311. The maximum Gasteiger partial charge on any atom is 0.323 e. The van der Waals surface area contributed by atoms with E-state index >= 15 is 0 Å². The van der Waals surface area contributed by atoms with Crippen LogP contribution in [-0.2, 0) is 30.2 Å². The highest BCUT2D eigenvalue weighted by Gasteiger charge is 2.37. The van der Waals surface area contributed by atoms with Crippen molar-refractivity contribution in [1.29, 1.82) is 5.26 Å². The van der Waals surface area contributed by atoms with Gasteiger partial charge in [0.15, 0.2) is 0 Å². The molecule has 0 bridgehead atoms. The second-order valence-corrected chi connectivity index (χ2v) is 14.7. The number of nitrogens with zero attached hydrogens (tertiary/aromatic N) is 3. The number of pyridine rings is 1. The number of hydrogen-bond donors (Lipinski definition) is 4. The standard InChI is InChI=1S/C45H47ClN4O7/c1-30-34(28-57-43-21-42(56-27-33-19-32(22-47)23-48-24-33)35(20-39(43)46)25-49-40(26-51)44(52)53)9-6-12-37(30)38-13-7-14-41(31(38)2)55-18-8-16-50-17-15-45(54,29-50)36-10-4-3-5-11-36/h3-7,9-14,19-21,23-24,40,49,51,54H,8,15-18,25-29H2,1-2H3,(H,52,53)/t40-,45?/m0/s1. The monoisotopic (exact) mass is 790 g/mol. The molecular formula is C45H47ClN4O7. The van der Waals surface area contributed by atoms with Gasteiger partial charge < -0.3 is 29.5 Å². The molecular weight excluding hydrogens is 744 g/mol. The summed E-state index contributed by atoms with van der Waals surface area (Å²) in [4.78, 5) is 17.9. The van der Waals surface area contributed by atoms with E-state index in [0.29, 0.717) is 46.4 Å². The van der Waals surface area contributed by atoms with Crippen LogP contribution in [0.5, 0.6) is 17.2 Å². The van der Waals surface area contributed by atoms with E-state index < -0.39 is 24.2 Å². The molecule has 11 nitrogen and oxygen atoms in total. The summed E-state index contributed by atoms with van der Waals surface area (Å²) in [7, 11) is 0. The highest BCUT2D eigenvalue weighted by molar-refractivity contribution is 6.32. The predicted molar refractivity (Wildman–Crippen MR) is 217 cm³/mol. The number of rotatable bonds is 18. The maximum atomic E-state index is 11.5. The summed E-state index contributed by atoms with van der Waals surface area (Å²) in [5, 5.41) is 42.5. The Morgan fingerprint density at radius 3 is 2.44 bits per heavy atom. The molecule has 2 atom stereocenters. The third kappa shape index (κ3) is 10.3. The van der Waals surface area contributed by atoms with E-state index in [2.05, 4.69) is 47.3 Å². The van der Waals surface area contributed by atoms with E-state index in [4.69, 9.17) is 25.8 Å². The van der Waals surface area contributed by atoms with Gasteiger partial charge in [0.25, 0.3) is 0 Å². The molecule has 6 rings (SSSR count). The van der Waals surface area contributed by atoms with Crippen molar-refractivity contribution in [1.82, 2.24) is 15.2 Å². The van der Waals surface area contributed by atoms with E-state index in [9.17, 15) is 25.4 Å². The normalized spacial score (nSPS) is 15.9. The minimum absolute atomic E-state index is 0.0458. The van der Waals surface area contributed by atoms with Crippen molar-refractivity contribution in [2.75, 3.05) is 32.8 Å². The van der Waals surface area contributed by atoms with Gasteiger partial charge in [-0.15, -0.1) is 0 Å². The second kappa shape index (κ2) is 19.1. The number of aliphatic carboxylic acids is 1. The molecule has 0 amide bonds. The molecule has 1 aromatic heterocycles. The molecule has 1 unspecified atom stereocenters. The third-order valence-corrected chi connectivity index (χ3v) is 10.7. The number of nitrogens with one attached hydrogen (secondary N) is 1. The van der Waals surface area contributed by atoms with Gasteiger partial charge in [0.2, 0.25) is 0 Å². The van der Waals surface area contributed by atoms with Gasteiger partial charge in [-0.25, -0.2) is 0 Å². The first-order valence-electron chi connectivity index (χ1n) is 18.9. The van der Waals surface area contributed by atoms with E-state index in [0.717, 1.165) is 65.1 Å². The third-order valence-electron chi connectivity index (χ3n) is 10.4. The van der Waals surface area contributed by atoms with Crippen LogP contribution in [0, 0.1) is 25.2 Å². The van der Waals surface area contributed by atoms with Crippen molar-refractivity contribution in [3.8, 4) is 34.4 Å². The molecule has 12 heteroatoms. The Balaban J connectivity index is 1.12. The van der Waals surface area contributed by atoms with E-state index in [-0.39, 0.29) is 19.8 Å². The number of aromatic nitrogens is 1. The molecule has 0 radical (unpaired) electrons. The lowest BCUT2D eigenvalue weighted by Gasteiger charge is -2.24. The van der Waals surface area contributed by atoms with Gasteiger partial charge >= 0.3 is 5.97 Å². The van der Waals surface area contributed by atoms with Crippen molar-refractivity contribution in [3.05, 3.63) is 141 Å². The average molecular weight is 791 g/mol. The fourth-order valence-corrected chi connectivity index (χ4v) is 7.32. The van der Waals surface area contributed by atoms with Crippen LogP contribution in [0.2, 0.25) is 5.02 Å². The summed E-state index contributed by atoms with van der Waals surface area (Å²) in [5.74, 6) is 0.392. The fourth-order valence-electron chi connectivity index (χ4n) is 7.08. The molecule has 0 saturated carbocycles. The Bertz CT molecular complexity index is 2210. The Hall–Kier alpha value is -5.48. The van der Waals surface area contributed by atoms with Crippen LogP contribution in [0.1, 0.15) is 51.8 Å². The lowest BCUT2D eigenvalue weighted by Crippen LogP contribution is -2.39. The Kier molecular flexibility index (Phi) is 13.8. The predicted octanol–water partition coefficient (Wildman–Crippen LogP) is 6.95. The molecule has 1 fully saturated rings. The topological polar surface area (TPSA) is 157 Å². The van der Waals surface area contributed by atoms with Crippen molar-refractivity contribution >= 4 is 17.6 Å². The number of carboxylic acid groups (broad SMARTS) is 1. The summed E-state index contributed by atoms with van der Waals surface area (Å²) in [6.45, 7) is 6.74. The number of benzene rings is 4. The zero-order valence-electron chi connectivity index (χ0n) is 32.1. The molecule has 2 heterocycles. The maximum absolute atomic E-state index is 11.5. The quantitative estimate of drug-likeness (QED) is 0.0682. The van der Waals surface area contributed by atoms with Crippen LogP contribution < -0.4 is 19.5 Å². The minimum Gasteiger partial charge on any atom is -0.493 e. The average Bonchev–Trinajstić information content (AvgIpc) is 3.61. The van der Waals surface area contributed by atoms with Crippen LogP contribution in [0.4, 0.5) is 0 Å². The van der Waals surface area contributed by atoms with Crippen molar-refractivity contribution in [3.63, 3.8) is 0 Å². The highest BCUT2D eigenvalue weighted by Crippen LogP contribution is 2.37. The van der Waals surface area contributed by atoms with Gasteiger partial charge in [0, 0.05) is 55.8 Å². The molecule has 0 aliphatic carbocycles. The molecule has 5 aromatic rings. The molecule has 4 N–H and O–H groups in total. The molecule has 1 saturated heterocycles. The summed E-state index contributed by atoms with van der Waals surface area (Å²) >= 11 is 6.72. The lowest BCUT2D eigenvalue weighted by molar-refractivity contribution is -0.140. The van der Waals surface area contributed by atoms with Gasteiger partial charge in [-0.3, -0.25) is 20.0 Å². The van der Waals surface area contributed by atoms with Crippen LogP contribution in [0.25, 0.3) is 11.1 Å². The van der Waals surface area contributed by atoms with Gasteiger partial charge in [0.05, 0.1) is 23.8 Å². The van der Waals surface area contributed by atoms with Crippen LogP contribution in [0.3, 0.4) is 0 Å². The largest absolute Gasteiger partial charge is 0.493 e. The number of nitriles is 1. The molecule has 1 aliphatic heterocycles. The first-order chi connectivity index (χ1) is 27.6. The SMILES string of the molecule is Cc1c(COc2cc(OCc3cncc(C#N)c3)c(CN[C@@H](CO)C(=O)O)cc2Cl)cccc1-c1cccc(OCCCN2CCC(O)(c3ccccc3)C2)c1C. The number of aliphatic hydroxyl groups is 2. The first kappa shape index (κ1) is 41.2. The number of likely N-dealkylation sites (tertiary alicyclic amines) is 1. The summed E-state index contributed by atoms with van der Waals surface area (Å²) in [6, 6.07) is 27.9. The number of halogens is 1. The highest BCUT2D eigenvalue weighted by atomic mass is 35.5. The Morgan fingerprint density at radius 1 is 0.930 bits per heavy atom. The van der Waals surface area contributed by atoms with Crippen molar-refractivity contribution in [2.24, 2.45) is 0 Å². The number of aliphatic hydroxyl groups excluding tert-OH is 1. The second-order valence-electron chi connectivity index (χ2n) is 14.3. The lowest BCUT2D eigenvalue weighted by atomic mass is 9.93. The number of carboxylic acids is 1. The van der Waals surface area contributed by atoms with Gasteiger partial charge in [-0.2, -0.15) is 5.26 Å². The number of ether oxygens (including phenoxy) is 3. The summed E-state index contributed by atoms with van der Waals surface area (Å²) < 4.78 is 18.8. The molecule has 1 aliphatic rings. The van der Waals surface area contributed by atoms with E-state index in [1.54, 1.807) is 24.4 Å². The van der Waals surface area contributed by atoms with Crippen LogP contribution >= 0.6 is 11.6 Å². The van der Waals surface area contributed by atoms with Crippen LogP contribution in [0.15, 0.2) is 97.3 Å². The Labute approximate surface area is 338 Å². The van der Waals surface area contributed by atoms with Gasteiger partial charge in [-0.05, 0) is 78.3 Å². The number of β-amino-alcohol motifs (C(OH)–C–C–N with tert-alkyl or cyclic N) is 1. The smallest absolute Gasteiger partial charge is 0.323 e. The van der Waals surface area contributed by atoms with E-state index in [1.807, 2.05) is 54.6 Å². The van der Waals surface area contributed by atoms with Gasteiger partial charge in [0.1, 0.15) is 48.2 Å². The van der Waals surface area contributed by atoms with E-state index in [1.165, 1.54) is 6.20 Å². The number of carbonyl (C=O) groups is 1. The summed E-state index contributed by atoms with van der Waals surface area (Å²) in [5.41, 5.74) is 6.92. The first-order valence-corrected chi connectivity index (χ1v) is 19.3. The Morgan fingerprint density at radius 2 is 1.68 bits per heavy atom. The van der Waals surface area contributed by atoms with Crippen molar-refractivity contribution < 1.29 is 34.3 Å². The zero-order chi connectivity index (χ0) is 40.4. The molecule has 57 heavy (non-hydrogen) atoms. The molecule has 4 aromatic carbocycles. The summed E-state index contributed by atoms with van der Waals surface area (Å²) in [6.07, 6.45) is 4.61. The molecule has 296 valence electrons. The number of hydrogen-bond acceptors (Lipinski definition) is 10. The van der Waals surface area contributed by atoms with Gasteiger partial charge in [-0.1, -0.05) is 72.3 Å². The van der Waals surface area contributed by atoms with Crippen LogP contribution in [-0.4, -0.2) is 70.1 Å². The van der Waals surface area contributed by atoms with Crippen molar-refractivity contribution in [2.45, 2.75) is 58.1 Å². The molecule has 0 spiro atoms. The minimum atomic E-state index is -1.19. The zero-order valence-corrected chi connectivity index (χ0v) is 32.8.